The third kappa shape index (κ3) is 1.53. The molecule has 5 nitrogen and oxygen atoms in total. The molecule has 0 bridgehead atoms. The van der Waals surface area contributed by atoms with Crippen LogP contribution in [0.2, 0.25) is 5.28 Å². The van der Waals surface area contributed by atoms with Gasteiger partial charge in [-0.25, -0.2) is 4.98 Å². The smallest absolute Gasteiger partial charge is 0.224 e. The van der Waals surface area contributed by atoms with Crippen molar-refractivity contribution in [1.82, 2.24) is 24.7 Å². The molecule has 20 heavy (non-hydrogen) atoms. The van der Waals surface area contributed by atoms with Gasteiger partial charge in [-0.05, 0) is 17.7 Å². The van der Waals surface area contributed by atoms with Crippen molar-refractivity contribution in [3.8, 4) is 11.3 Å². The molecule has 4 aromatic rings. The molecule has 0 spiro atoms. The van der Waals surface area contributed by atoms with Crippen LogP contribution in [0, 0.1) is 0 Å². The second-order valence-electron chi connectivity index (χ2n) is 4.64. The summed E-state index contributed by atoms with van der Waals surface area (Å²) >= 11 is 6.01. The predicted molar refractivity (Wildman–Crippen MR) is 78.6 cm³/mol. The highest BCUT2D eigenvalue weighted by Crippen LogP contribution is 2.33. The maximum atomic E-state index is 6.01. The van der Waals surface area contributed by atoms with E-state index in [1.54, 1.807) is 6.20 Å². The van der Waals surface area contributed by atoms with Gasteiger partial charge in [-0.1, -0.05) is 18.2 Å². The Bertz CT molecular complexity index is 937. The Morgan fingerprint density at radius 1 is 1.15 bits per heavy atom. The molecule has 0 fully saturated rings. The molecule has 6 heteroatoms. The second-order valence-corrected chi connectivity index (χ2v) is 4.98. The number of nitrogens with one attached hydrogen (secondary N) is 1. The summed E-state index contributed by atoms with van der Waals surface area (Å²) in [5.74, 6) is 0. The van der Waals surface area contributed by atoms with Gasteiger partial charge < -0.3 is 4.57 Å². The van der Waals surface area contributed by atoms with Gasteiger partial charge in [0, 0.05) is 29.7 Å². The molecule has 0 saturated carbocycles. The first-order valence-corrected chi connectivity index (χ1v) is 6.53. The number of fused-ring (bicyclic) bond motifs is 2. The summed E-state index contributed by atoms with van der Waals surface area (Å²) < 4.78 is 2.08. The molecule has 0 aliphatic carbocycles. The molecule has 3 heterocycles. The van der Waals surface area contributed by atoms with Crippen LogP contribution in [-0.2, 0) is 7.05 Å². The predicted octanol–water partition coefficient (Wildman–Crippen LogP) is 3.17. The number of aryl methyl sites for hydroxylation is 1. The van der Waals surface area contributed by atoms with E-state index >= 15 is 0 Å². The molecule has 0 amide bonds. The first-order valence-electron chi connectivity index (χ1n) is 6.15. The van der Waals surface area contributed by atoms with Gasteiger partial charge in [0.1, 0.15) is 0 Å². The van der Waals surface area contributed by atoms with E-state index in [9.17, 15) is 0 Å². The normalized spacial score (nSPS) is 11.5. The van der Waals surface area contributed by atoms with Crippen LogP contribution in [0.15, 0.2) is 36.7 Å². The minimum Gasteiger partial charge on any atom is -0.350 e. The summed E-state index contributed by atoms with van der Waals surface area (Å²) in [7, 11) is 2.02. The van der Waals surface area contributed by atoms with Crippen molar-refractivity contribution < 1.29 is 0 Å². The van der Waals surface area contributed by atoms with Crippen molar-refractivity contribution >= 4 is 33.5 Å². The lowest BCUT2D eigenvalue weighted by molar-refractivity contribution is 0.969. The Kier molecular flexibility index (Phi) is 2.31. The van der Waals surface area contributed by atoms with E-state index in [0.29, 0.717) is 5.65 Å². The average molecular weight is 284 g/mol. The Labute approximate surface area is 119 Å². The lowest BCUT2D eigenvalue weighted by atomic mass is 10.1. The highest BCUT2D eigenvalue weighted by Gasteiger charge is 2.15. The van der Waals surface area contributed by atoms with E-state index in [4.69, 9.17) is 11.6 Å². The number of aromatic amines is 1. The van der Waals surface area contributed by atoms with Gasteiger partial charge >= 0.3 is 0 Å². The Balaban J connectivity index is 2.14. The zero-order valence-corrected chi connectivity index (χ0v) is 11.4. The maximum Gasteiger partial charge on any atom is 0.224 e. The van der Waals surface area contributed by atoms with E-state index in [-0.39, 0.29) is 5.28 Å². The molecule has 98 valence electrons. The fourth-order valence-electron chi connectivity index (χ4n) is 2.54. The second kappa shape index (κ2) is 4.05. The topological polar surface area (TPSA) is 59.4 Å². The Morgan fingerprint density at radius 2 is 2.00 bits per heavy atom. The largest absolute Gasteiger partial charge is 0.350 e. The zero-order valence-electron chi connectivity index (χ0n) is 10.6. The van der Waals surface area contributed by atoms with Gasteiger partial charge in [0.2, 0.25) is 5.28 Å². The summed E-state index contributed by atoms with van der Waals surface area (Å²) in [6, 6.07) is 8.19. The molecule has 0 unspecified atom stereocenters. The number of halogens is 1. The molecule has 1 aromatic carbocycles. The summed E-state index contributed by atoms with van der Waals surface area (Å²) in [6.07, 6.45) is 3.78. The van der Waals surface area contributed by atoms with Crippen LogP contribution in [0.4, 0.5) is 0 Å². The summed E-state index contributed by atoms with van der Waals surface area (Å²) in [6.45, 7) is 0. The number of benzene rings is 1. The van der Waals surface area contributed by atoms with Gasteiger partial charge in [-0.15, -0.1) is 0 Å². The number of H-pyrrole nitrogens is 1. The molecular weight excluding hydrogens is 274 g/mol. The summed E-state index contributed by atoms with van der Waals surface area (Å²) in [4.78, 5) is 8.53. The molecule has 0 atom stereocenters. The summed E-state index contributed by atoms with van der Waals surface area (Å²) in [5, 5.41) is 9.07. The Hall–Kier alpha value is -2.40. The van der Waals surface area contributed by atoms with Crippen LogP contribution in [0.5, 0.6) is 0 Å². The van der Waals surface area contributed by atoms with E-state index in [0.717, 1.165) is 27.5 Å². The number of rotatable bonds is 1. The van der Waals surface area contributed by atoms with Crippen molar-refractivity contribution in [3.63, 3.8) is 0 Å². The molecule has 3 aromatic heterocycles. The minimum atomic E-state index is 0.213. The highest BCUT2D eigenvalue weighted by atomic mass is 35.5. The van der Waals surface area contributed by atoms with Crippen molar-refractivity contribution in [2.24, 2.45) is 7.05 Å². The van der Waals surface area contributed by atoms with Gasteiger partial charge in [0.15, 0.2) is 5.65 Å². The van der Waals surface area contributed by atoms with E-state index in [1.807, 2.05) is 19.2 Å². The van der Waals surface area contributed by atoms with Crippen molar-refractivity contribution in [3.05, 3.63) is 41.9 Å². The van der Waals surface area contributed by atoms with Crippen LogP contribution in [-0.4, -0.2) is 24.7 Å². The highest BCUT2D eigenvalue weighted by molar-refractivity contribution is 6.28. The van der Waals surface area contributed by atoms with Crippen LogP contribution in [0.3, 0.4) is 0 Å². The van der Waals surface area contributed by atoms with E-state index in [1.165, 1.54) is 0 Å². The van der Waals surface area contributed by atoms with E-state index < -0.39 is 0 Å². The SMILES string of the molecule is Cn1cc(-c2nc(Cl)nc3[nH]ncc23)c2ccccc21. The van der Waals surface area contributed by atoms with Crippen LogP contribution in [0.25, 0.3) is 33.2 Å². The van der Waals surface area contributed by atoms with Gasteiger partial charge in [0.05, 0.1) is 17.3 Å². The number of para-hydroxylation sites is 1. The lowest BCUT2D eigenvalue weighted by Gasteiger charge is -2.01. The molecule has 0 aliphatic heterocycles. The third-order valence-electron chi connectivity index (χ3n) is 3.43. The number of hydrogen-bond acceptors (Lipinski definition) is 3. The zero-order chi connectivity index (χ0) is 13.7. The molecule has 0 saturated heterocycles. The molecule has 4 rings (SSSR count). The average Bonchev–Trinajstić information content (AvgIpc) is 3.03. The van der Waals surface area contributed by atoms with Gasteiger partial charge in [-0.3, -0.25) is 5.10 Å². The first-order chi connectivity index (χ1) is 9.74. The molecule has 0 aliphatic rings. The maximum absolute atomic E-state index is 6.01. The van der Waals surface area contributed by atoms with Crippen molar-refractivity contribution in [2.75, 3.05) is 0 Å². The van der Waals surface area contributed by atoms with Gasteiger partial charge in [-0.2, -0.15) is 10.1 Å². The minimum absolute atomic E-state index is 0.213. The molecule has 1 N–H and O–H groups in total. The molecule has 0 radical (unpaired) electrons. The third-order valence-corrected chi connectivity index (χ3v) is 3.60. The number of nitrogens with zero attached hydrogens (tertiary/aromatic N) is 4. The lowest BCUT2D eigenvalue weighted by Crippen LogP contribution is -1.89. The summed E-state index contributed by atoms with van der Waals surface area (Å²) in [5.41, 5.74) is 3.62. The standard InChI is InChI=1S/C14H10ClN5/c1-20-7-10(8-4-2-3-5-11(8)20)12-9-6-16-19-13(9)18-14(15)17-12/h2-7H,1H3,(H,16,17,18,19). The number of hydrogen-bond donors (Lipinski definition) is 1. The van der Waals surface area contributed by atoms with Crippen LogP contribution < -0.4 is 0 Å². The fraction of sp³-hybridized carbons (Fsp3) is 0.0714. The van der Waals surface area contributed by atoms with Crippen molar-refractivity contribution in [1.29, 1.82) is 0 Å². The Morgan fingerprint density at radius 3 is 2.90 bits per heavy atom. The first kappa shape index (κ1) is 11.4. The van der Waals surface area contributed by atoms with Crippen LogP contribution >= 0.6 is 11.6 Å². The van der Waals surface area contributed by atoms with Gasteiger partial charge in [0.25, 0.3) is 0 Å². The molecular formula is C14H10ClN5. The van der Waals surface area contributed by atoms with E-state index in [2.05, 4.69) is 43.1 Å². The number of aromatic nitrogens is 5. The monoisotopic (exact) mass is 283 g/mol. The van der Waals surface area contributed by atoms with Crippen molar-refractivity contribution in [2.45, 2.75) is 0 Å². The van der Waals surface area contributed by atoms with Crippen LogP contribution in [0.1, 0.15) is 0 Å². The fourth-order valence-corrected chi connectivity index (χ4v) is 2.71. The quantitative estimate of drug-likeness (QED) is 0.546.